The van der Waals surface area contributed by atoms with Crippen molar-refractivity contribution >= 4 is 0 Å². The number of benzene rings is 2. The average molecular weight is 585 g/mol. The number of nitrogens with one attached hydrogen (secondary N) is 1. The molecule has 2 aromatic rings. The minimum atomic E-state index is -0.522. The van der Waals surface area contributed by atoms with Gasteiger partial charge in [-0.3, -0.25) is 4.90 Å². The van der Waals surface area contributed by atoms with E-state index in [-0.39, 0.29) is 18.8 Å². The molecule has 8 nitrogen and oxygen atoms in total. The van der Waals surface area contributed by atoms with Gasteiger partial charge < -0.3 is 34.1 Å². The van der Waals surface area contributed by atoms with Crippen molar-refractivity contribution in [2.24, 2.45) is 0 Å². The van der Waals surface area contributed by atoms with Crippen molar-refractivity contribution in [3.05, 3.63) is 53.6 Å². The van der Waals surface area contributed by atoms with Gasteiger partial charge in [-0.1, -0.05) is 44.9 Å². The summed E-state index contributed by atoms with van der Waals surface area (Å²) in [6.45, 7) is 8.43. The molecule has 1 heterocycles. The second kappa shape index (κ2) is 17.1. The van der Waals surface area contributed by atoms with Crippen LogP contribution >= 0.6 is 0 Å². The van der Waals surface area contributed by atoms with Gasteiger partial charge in [0.25, 0.3) is 0 Å². The summed E-state index contributed by atoms with van der Waals surface area (Å²) >= 11 is 0. The molecule has 234 valence electrons. The van der Waals surface area contributed by atoms with Gasteiger partial charge in [-0.2, -0.15) is 0 Å². The first-order valence-electron chi connectivity index (χ1n) is 15.8. The third-order valence-electron chi connectivity index (χ3n) is 8.36. The number of aliphatic hydroxyl groups is 1. The maximum absolute atomic E-state index is 10.0. The van der Waals surface area contributed by atoms with Crippen molar-refractivity contribution in [3.8, 4) is 17.2 Å². The molecule has 4 rings (SSSR count). The fourth-order valence-electron chi connectivity index (χ4n) is 5.96. The zero-order valence-corrected chi connectivity index (χ0v) is 26.1. The highest BCUT2D eigenvalue weighted by atomic mass is 16.5. The summed E-state index contributed by atoms with van der Waals surface area (Å²) in [5, 5.41) is 13.3. The number of rotatable bonds is 17. The molecular weight excluding hydrogens is 532 g/mol. The largest absolute Gasteiger partial charge is 0.493 e. The molecule has 42 heavy (non-hydrogen) atoms. The highest BCUT2D eigenvalue weighted by Crippen LogP contribution is 2.30. The molecule has 2 aromatic carbocycles. The Morgan fingerprint density at radius 2 is 1.60 bits per heavy atom. The number of methoxy groups -OCH3 is 2. The van der Waals surface area contributed by atoms with E-state index in [1.165, 1.54) is 30.4 Å². The lowest BCUT2D eigenvalue weighted by Gasteiger charge is -2.38. The summed E-state index contributed by atoms with van der Waals surface area (Å²) in [6, 6.07) is 15.1. The van der Waals surface area contributed by atoms with Crippen molar-refractivity contribution < 1.29 is 28.8 Å². The maximum Gasteiger partial charge on any atom is 0.160 e. The van der Waals surface area contributed by atoms with Gasteiger partial charge in [0, 0.05) is 31.7 Å². The molecule has 0 spiro atoms. The van der Waals surface area contributed by atoms with E-state index in [0.717, 1.165) is 56.0 Å². The van der Waals surface area contributed by atoms with Gasteiger partial charge in [-0.15, -0.1) is 0 Å². The molecule has 0 aromatic heterocycles. The molecule has 2 unspecified atom stereocenters. The Hall–Kier alpha value is -2.36. The van der Waals surface area contributed by atoms with Crippen molar-refractivity contribution in [1.29, 1.82) is 0 Å². The fraction of sp³-hybridized carbons (Fsp3) is 0.647. The second-order valence-corrected chi connectivity index (χ2v) is 11.9. The second-order valence-electron chi connectivity index (χ2n) is 11.9. The lowest BCUT2D eigenvalue weighted by Crippen LogP contribution is -2.46. The van der Waals surface area contributed by atoms with E-state index in [1.54, 1.807) is 14.2 Å². The Balaban J connectivity index is 1.15. The van der Waals surface area contributed by atoms with Crippen LogP contribution in [0.3, 0.4) is 0 Å². The van der Waals surface area contributed by atoms with Crippen LogP contribution in [0.4, 0.5) is 0 Å². The summed E-state index contributed by atoms with van der Waals surface area (Å²) in [5.74, 6) is 2.30. The lowest BCUT2D eigenvalue weighted by atomic mass is 9.91. The van der Waals surface area contributed by atoms with E-state index in [1.807, 2.05) is 24.3 Å². The van der Waals surface area contributed by atoms with Crippen LogP contribution < -0.4 is 19.5 Å². The van der Waals surface area contributed by atoms with E-state index in [4.69, 9.17) is 23.7 Å². The summed E-state index contributed by atoms with van der Waals surface area (Å²) in [5.41, 5.74) is 2.43. The minimum Gasteiger partial charge on any atom is -0.493 e. The Morgan fingerprint density at radius 3 is 2.36 bits per heavy atom. The Kier molecular flexibility index (Phi) is 13.2. The Labute approximate surface area is 252 Å². The van der Waals surface area contributed by atoms with Gasteiger partial charge >= 0.3 is 0 Å². The van der Waals surface area contributed by atoms with Gasteiger partial charge in [-0.05, 0) is 67.5 Å². The van der Waals surface area contributed by atoms with Gasteiger partial charge in [-0.25, -0.2) is 0 Å². The molecule has 2 fully saturated rings. The predicted octanol–water partition coefficient (Wildman–Crippen LogP) is 4.65. The summed E-state index contributed by atoms with van der Waals surface area (Å²) in [4.78, 5) is 2.61. The van der Waals surface area contributed by atoms with E-state index < -0.39 is 6.10 Å². The predicted molar refractivity (Wildman–Crippen MR) is 166 cm³/mol. The van der Waals surface area contributed by atoms with Crippen LogP contribution in [0.5, 0.6) is 17.2 Å². The number of hydrogen-bond donors (Lipinski definition) is 2. The van der Waals surface area contributed by atoms with Crippen molar-refractivity contribution in [2.75, 3.05) is 53.7 Å². The lowest BCUT2D eigenvalue weighted by molar-refractivity contribution is -0.0343. The zero-order chi connectivity index (χ0) is 29.7. The highest BCUT2D eigenvalue weighted by molar-refractivity contribution is 5.42. The third kappa shape index (κ3) is 10.1. The van der Waals surface area contributed by atoms with Crippen molar-refractivity contribution in [1.82, 2.24) is 10.2 Å². The molecule has 0 radical (unpaired) electrons. The van der Waals surface area contributed by atoms with E-state index in [2.05, 4.69) is 42.3 Å². The highest BCUT2D eigenvalue weighted by Gasteiger charge is 2.35. The summed E-state index contributed by atoms with van der Waals surface area (Å²) < 4.78 is 29.4. The van der Waals surface area contributed by atoms with Crippen LogP contribution in [0.1, 0.15) is 57.1 Å². The molecule has 4 atom stereocenters. The number of ether oxygens (including phenoxy) is 5. The van der Waals surface area contributed by atoms with Crippen LogP contribution in [-0.2, 0) is 22.3 Å². The van der Waals surface area contributed by atoms with Gasteiger partial charge in [0.1, 0.15) is 18.5 Å². The van der Waals surface area contributed by atoms with Gasteiger partial charge in [0.05, 0.1) is 39.6 Å². The number of hydrogen-bond acceptors (Lipinski definition) is 8. The van der Waals surface area contributed by atoms with E-state index in [9.17, 15) is 5.11 Å². The molecular formula is C34H52N2O6. The molecule has 2 N–H and O–H groups in total. The van der Waals surface area contributed by atoms with E-state index in [0.29, 0.717) is 31.8 Å². The molecule has 2 aliphatic rings. The van der Waals surface area contributed by atoms with Crippen LogP contribution in [-0.4, -0.2) is 94.1 Å². The SMILES string of the molecule is COc1ccc(CCO[C@@H]2CCCC[C@H]2N2CCC(OCCc3ccc(OCC(O)CNC(C)C)cc3)C2)cc1OC. The minimum absolute atomic E-state index is 0.280. The number of nitrogens with zero attached hydrogens (tertiary/aromatic N) is 1. The normalized spacial score (nSPS) is 21.9. The molecule has 1 aliphatic carbocycles. The topological polar surface area (TPSA) is 81.7 Å². The maximum atomic E-state index is 10.0. The zero-order valence-electron chi connectivity index (χ0n) is 26.1. The standard InChI is InChI=1S/C34H52N2O6/c1-25(2)35-22-28(37)24-42-29-12-9-26(10-13-29)16-19-40-30-15-18-36(23-30)31-7-5-6-8-32(31)41-20-17-27-11-14-33(38-3)34(21-27)39-4/h9-14,21,25,28,30-32,35,37H,5-8,15-20,22-24H2,1-4H3/t28?,30?,31-,32-/m1/s1. The van der Waals surface area contributed by atoms with Crippen molar-refractivity contribution in [2.45, 2.75) is 89.2 Å². The smallest absolute Gasteiger partial charge is 0.160 e. The number of aliphatic hydroxyl groups excluding tert-OH is 1. The molecule has 0 bridgehead atoms. The first kappa shape index (κ1) is 32.6. The molecule has 1 saturated carbocycles. The quantitative estimate of drug-likeness (QED) is 0.278. The summed E-state index contributed by atoms with van der Waals surface area (Å²) in [6.07, 6.45) is 7.71. The van der Waals surface area contributed by atoms with Gasteiger partial charge in [0.2, 0.25) is 0 Å². The first-order chi connectivity index (χ1) is 20.4. The molecule has 1 saturated heterocycles. The first-order valence-corrected chi connectivity index (χ1v) is 15.8. The summed E-state index contributed by atoms with van der Waals surface area (Å²) in [7, 11) is 3.34. The molecule has 1 aliphatic heterocycles. The average Bonchev–Trinajstić information content (AvgIpc) is 3.48. The molecule has 0 amide bonds. The van der Waals surface area contributed by atoms with E-state index >= 15 is 0 Å². The Morgan fingerprint density at radius 1 is 0.881 bits per heavy atom. The third-order valence-corrected chi connectivity index (χ3v) is 8.36. The van der Waals surface area contributed by atoms with Crippen LogP contribution in [0.2, 0.25) is 0 Å². The Bertz CT molecular complexity index is 1050. The van der Waals surface area contributed by atoms with Crippen LogP contribution in [0, 0.1) is 0 Å². The number of likely N-dealkylation sites (tertiary alicyclic amines) is 1. The molecule has 8 heteroatoms. The fourth-order valence-corrected chi connectivity index (χ4v) is 5.96. The van der Waals surface area contributed by atoms with Gasteiger partial charge in [0.15, 0.2) is 11.5 Å². The van der Waals surface area contributed by atoms with Crippen LogP contribution in [0.25, 0.3) is 0 Å². The monoisotopic (exact) mass is 584 g/mol. The van der Waals surface area contributed by atoms with Crippen molar-refractivity contribution in [3.63, 3.8) is 0 Å². The van der Waals surface area contributed by atoms with Crippen LogP contribution in [0.15, 0.2) is 42.5 Å².